The van der Waals surface area contributed by atoms with Gasteiger partial charge < -0.3 is 24.6 Å². The lowest BCUT2D eigenvalue weighted by Gasteiger charge is -2.16. The molecule has 1 aliphatic heterocycles. The molecule has 0 saturated carbocycles. The fourth-order valence-corrected chi connectivity index (χ4v) is 2.95. The summed E-state index contributed by atoms with van der Waals surface area (Å²) in [5.41, 5.74) is 0.973. The van der Waals surface area contributed by atoms with Gasteiger partial charge in [0.2, 0.25) is 0 Å². The lowest BCUT2D eigenvalue weighted by Crippen LogP contribution is -2.21. The van der Waals surface area contributed by atoms with Crippen molar-refractivity contribution in [1.29, 1.82) is 0 Å². The van der Waals surface area contributed by atoms with E-state index in [-0.39, 0.29) is 11.3 Å². The van der Waals surface area contributed by atoms with Crippen LogP contribution in [0.25, 0.3) is 5.76 Å². The van der Waals surface area contributed by atoms with E-state index in [0.717, 1.165) is 0 Å². The third-order valence-electron chi connectivity index (χ3n) is 4.37. The fourth-order valence-electron chi connectivity index (χ4n) is 2.95. The van der Waals surface area contributed by atoms with Gasteiger partial charge in [-0.2, -0.15) is 0 Å². The number of benzene rings is 2. The minimum absolute atomic E-state index is 0.0163. The van der Waals surface area contributed by atoms with Crippen molar-refractivity contribution in [3.63, 3.8) is 0 Å². The topological polar surface area (TPSA) is 94.1 Å². The van der Waals surface area contributed by atoms with E-state index in [9.17, 15) is 14.7 Å². The number of rotatable bonds is 5. The smallest absolute Gasteiger partial charge is 0.293 e. The zero-order valence-electron chi connectivity index (χ0n) is 15.1. The third kappa shape index (κ3) is 3.31. The molecular weight excluding hydrogens is 350 g/mol. The Labute approximate surface area is 156 Å². The van der Waals surface area contributed by atoms with Gasteiger partial charge in [0.15, 0.2) is 11.5 Å². The summed E-state index contributed by atoms with van der Waals surface area (Å²) >= 11 is 0. The minimum Gasteiger partial charge on any atom is -0.507 e. The quantitative estimate of drug-likeness (QED) is 0.478. The van der Waals surface area contributed by atoms with E-state index in [1.807, 2.05) is 0 Å². The second-order valence-electron chi connectivity index (χ2n) is 5.84. The molecule has 0 aromatic heterocycles. The normalized spacial score (nSPS) is 18.1. The molecule has 0 radical (unpaired) electrons. The average molecular weight is 369 g/mol. The molecular formula is C20H19NO6. The van der Waals surface area contributed by atoms with Crippen molar-refractivity contribution in [3.05, 3.63) is 59.2 Å². The van der Waals surface area contributed by atoms with Gasteiger partial charge >= 0.3 is 0 Å². The van der Waals surface area contributed by atoms with Crippen molar-refractivity contribution in [2.24, 2.45) is 0 Å². The summed E-state index contributed by atoms with van der Waals surface area (Å²) in [6.45, 7) is 0. The first kappa shape index (κ1) is 18.3. The zero-order chi connectivity index (χ0) is 19.6. The number of nitrogens with one attached hydrogen (secondary N) is 1. The first-order chi connectivity index (χ1) is 13.0. The SMILES string of the molecule is COc1ccc(C(O)=C2C(=O)C(=O)N[C@@H]2c2ccc(OC)c(OC)c2)cc1. The van der Waals surface area contributed by atoms with E-state index < -0.39 is 17.7 Å². The van der Waals surface area contributed by atoms with E-state index in [4.69, 9.17) is 14.2 Å². The number of ketones is 1. The zero-order valence-corrected chi connectivity index (χ0v) is 15.1. The van der Waals surface area contributed by atoms with E-state index in [1.54, 1.807) is 42.5 Å². The highest BCUT2D eigenvalue weighted by Gasteiger charge is 2.39. The van der Waals surface area contributed by atoms with Crippen molar-refractivity contribution < 1.29 is 28.9 Å². The van der Waals surface area contributed by atoms with E-state index in [1.165, 1.54) is 21.3 Å². The molecule has 1 saturated heterocycles. The van der Waals surface area contributed by atoms with Crippen molar-refractivity contribution in [1.82, 2.24) is 5.32 Å². The summed E-state index contributed by atoms with van der Waals surface area (Å²) < 4.78 is 15.6. The third-order valence-corrected chi connectivity index (χ3v) is 4.37. The van der Waals surface area contributed by atoms with Gasteiger partial charge in [-0.05, 0) is 42.0 Å². The largest absolute Gasteiger partial charge is 0.507 e. The maximum atomic E-state index is 12.4. The number of hydrogen-bond acceptors (Lipinski definition) is 6. The number of hydrogen-bond donors (Lipinski definition) is 2. The van der Waals surface area contributed by atoms with Crippen LogP contribution >= 0.6 is 0 Å². The highest BCUT2D eigenvalue weighted by Crippen LogP contribution is 2.37. The number of carbonyl (C=O) groups excluding carboxylic acids is 2. The second-order valence-corrected chi connectivity index (χ2v) is 5.84. The van der Waals surface area contributed by atoms with Crippen LogP contribution in [0.3, 0.4) is 0 Å². The van der Waals surface area contributed by atoms with Crippen LogP contribution in [0.5, 0.6) is 17.2 Å². The van der Waals surface area contributed by atoms with E-state index in [0.29, 0.717) is 28.4 Å². The lowest BCUT2D eigenvalue weighted by atomic mass is 9.95. The van der Waals surface area contributed by atoms with E-state index in [2.05, 4.69) is 5.32 Å². The van der Waals surface area contributed by atoms with Gasteiger partial charge in [-0.25, -0.2) is 0 Å². The van der Waals surface area contributed by atoms with Crippen LogP contribution in [-0.2, 0) is 9.59 Å². The average Bonchev–Trinajstić information content (AvgIpc) is 3.01. The first-order valence-electron chi connectivity index (χ1n) is 8.14. The maximum absolute atomic E-state index is 12.4. The molecule has 0 unspecified atom stereocenters. The molecule has 7 nitrogen and oxygen atoms in total. The number of carbonyl (C=O) groups is 2. The molecule has 0 spiro atoms. The standard InChI is InChI=1S/C20H19NO6/c1-25-13-7-4-11(5-8-13)18(22)16-17(21-20(24)19(16)23)12-6-9-14(26-2)15(10-12)27-3/h4-10,17,22H,1-3H3,(H,21,24)/t17-/m1/s1. The van der Waals surface area contributed by atoms with Crippen LogP contribution < -0.4 is 19.5 Å². The van der Waals surface area contributed by atoms with Gasteiger partial charge in [0.1, 0.15) is 11.5 Å². The Morgan fingerprint density at radius 2 is 1.59 bits per heavy atom. The van der Waals surface area contributed by atoms with Crippen LogP contribution in [0, 0.1) is 0 Å². The first-order valence-corrected chi connectivity index (χ1v) is 8.14. The Bertz CT molecular complexity index is 917. The maximum Gasteiger partial charge on any atom is 0.293 e. The summed E-state index contributed by atoms with van der Waals surface area (Å²) in [6, 6.07) is 10.8. The number of ether oxygens (including phenoxy) is 3. The highest BCUT2D eigenvalue weighted by atomic mass is 16.5. The van der Waals surface area contributed by atoms with Crippen LogP contribution in [0.2, 0.25) is 0 Å². The number of aliphatic hydroxyl groups excluding tert-OH is 1. The Hall–Kier alpha value is -3.48. The fraction of sp³-hybridized carbons (Fsp3) is 0.200. The minimum atomic E-state index is -0.799. The number of amides is 1. The summed E-state index contributed by atoms with van der Waals surface area (Å²) in [6.07, 6.45) is 0. The van der Waals surface area contributed by atoms with Gasteiger partial charge in [-0.15, -0.1) is 0 Å². The molecule has 7 heteroatoms. The lowest BCUT2D eigenvalue weighted by molar-refractivity contribution is -0.133. The van der Waals surface area contributed by atoms with Crippen LogP contribution in [0.15, 0.2) is 48.0 Å². The highest BCUT2D eigenvalue weighted by molar-refractivity contribution is 6.46. The van der Waals surface area contributed by atoms with Crippen LogP contribution in [0.1, 0.15) is 17.2 Å². The molecule has 3 rings (SSSR count). The number of aliphatic hydroxyl groups is 1. The Morgan fingerprint density at radius 1 is 0.926 bits per heavy atom. The van der Waals surface area contributed by atoms with Crippen LogP contribution in [0.4, 0.5) is 0 Å². The van der Waals surface area contributed by atoms with Gasteiger partial charge in [0, 0.05) is 5.56 Å². The molecule has 1 fully saturated rings. The Balaban J connectivity index is 2.08. The monoisotopic (exact) mass is 369 g/mol. The van der Waals surface area contributed by atoms with E-state index >= 15 is 0 Å². The Morgan fingerprint density at radius 3 is 2.19 bits per heavy atom. The molecule has 1 aliphatic rings. The molecule has 2 N–H and O–H groups in total. The second kappa shape index (κ2) is 7.41. The van der Waals surface area contributed by atoms with Crippen molar-refractivity contribution in [2.75, 3.05) is 21.3 Å². The molecule has 1 atom stereocenters. The predicted octanol–water partition coefficient (Wildman–Crippen LogP) is 2.42. The molecule has 140 valence electrons. The van der Waals surface area contributed by atoms with Crippen molar-refractivity contribution in [2.45, 2.75) is 6.04 Å². The number of Topliss-reactive ketones (excluding diaryl/α,β-unsaturated/α-hetero) is 1. The van der Waals surface area contributed by atoms with Crippen LogP contribution in [-0.4, -0.2) is 38.1 Å². The van der Waals surface area contributed by atoms with Gasteiger partial charge in [0.25, 0.3) is 11.7 Å². The summed E-state index contributed by atoms with van der Waals surface area (Å²) in [5.74, 6) is -0.234. The van der Waals surface area contributed by atoms with Gasteiger partial charge in [0.05, 0.1) is 32.9 Å². The summed E-state index contributed by atoms with van der Waals surface area (Å²) in [4.78, 5) is 24.4. The predicted molar refractivity (Wildman–Crippen MR) is 98.0 cm³/mol. The van der Waals surface area contributed by atoms with Gasteiger partial charge in [-0.1, -0.05) is 6.07 Å². The summed E-state index contributed by atoms with van der Waals surface area (Å²) in [7, 11) is 4.54. The summed E-state index contributed by atoms with van der Waals surface area (Å²) in [5, 5.41) is 13.3. The molecule has 0 aliphatic carbocycles. The molecule has 1 amide bonds. The molecule has 2 aromatic carbocycles. The molecule has 2 aromatic rings. The molecule has 1 heterocycles. The number of methoxy groups -OCH3 is 3. The van der Waals surface area contributed by atoms with Gasteiger partial charge in [-0.3, -0.25) is 9.59 Å². The molecule has 0 bridgehead atoms. The van der Waals surface area contributed by atoms with Crippen molar-refractivity contribution >= 4 is 17.4 Å². The molecule has 27 heavy (non-hydrogen) atoms. The Kier molecular flexibility index (Phi) is 5.03. The van der Waals surface area contributed by atoms with Crippen molar-refractivity contribution in [3.8, 4) is 17.2 Å².